The summed E-state index contributed by atoms with van der Waals surface area (Å²) in [7, 11) is 0. The van der Waals surface area contributed by atoms with Gasteiger partial charge < -0.3 is 0 Å². The Bertz CT molecular complexity index is 272. The van der Waals surface area contributed by atoms with E-state index in [9.17, 15) is 0 Å². The molecule has 0 saturated heterocycles. The first-order valence-corrected chi connectivity index (χ1v) is 18.4. The first-order chi connectivity index (χ1) is 10.4. The van der Waals surface area contributed by atoms with Crippen LogP contribution in [0, 0.1) is 0 Å². The minimum absolute atomic E-state index is 0. The van der Waals surface area contributed by atoms with E-state index in [0.717, 1.165) is 0 Å². The van der Waals surface area contributed by atoms with Crippen molar-refractivity contribution in [2.45, 2.75) is 0 Å². The molecule has 0 aromatic carbocycles. The van der Waals surface area contributed by atoms with E-state index in [4.69, 9.17) is 59.6 Å². The molecule has 0 rings (SSSR count). The molecular formula is O18Pb2Ti3Zr5. The van der Waals surface area contributed by atoms with Crippen LogP contribution in [0.15, 0.2) is 0 Å². The normalized spacial score (nSPS) is 5.57. The van der Waals surface area contributed by atoms with Gasteiger partial charge in [-0.3, -0.25) is 0 Å². The molecule has 18 nitrogen and oxygen atoms in total. The molecule has 0 aromatic heterocycles. The Kier molecular flexibility index (Phi) is 136. The zero-order valence-corrected chi connectivity index (χ0v) is 37.1. The van der Waals surface area contributed by atoms with E-state index < -0.39 is 124 Å². The van der Waals surface area contributed by atoms with Crippen LogP contribution in [0.5, 0.6) is 0 Å². The minimum atomic E-state index is -4.29. The summed E-state index contributed by atoms with van der Waals surface area (Å²) in [5.41, 5.74) is 0. The van der Waals surface area contributed by atoms with Gasteiger partial charge in [-0.1, -0.05) is 0 Å². The van der Waals surface area contributed by atoms with Crippen LogP contribution in [0.1, 0.15) is 0 Å². The first-order valence-electron chi connectivity index (χ1n) is 3.67. The van der Waals surface area contributed by atoms with Gasteiger partial charge in [-0.25, -0.2) is 0 Å². The predicted octanol–water partition coefficient (Wildman–Crippen LogP) is -15.8. The molecule has 0 amide bonds. The molecule has 0 fully saturated rings. The molecule has 0 aliphatic rings. The van der Waals surface area contributed by atoms with Gasteiger partial charge in [-0.05, 0) is 0 Å². The molecule has 0 heterocycles. The van der Waals surface area contributed by atoms with Gasteiger partial charge in [-0.15, -0.1) is 0 Å². The summed E-state index contributed by atoms with van der Waals surface area (Å²) < 4.78 is 155. The van der Waals surface area contributed by atoms with Crippen LogP contribution in [0.25, 0.3) is 0 Å². The van der Waals surface area contributed by atoms with Gasteiger partial charge in [0.1, 0.15) is 0 Å². The van der Waals surface area contributed by atoms with Crippen molar-refractivity contribution in [3.8, 4) is 0 Å². The second-order valence-corrected chi connectivity index (χ2v) is 7.53. The van der Waals surface area contributed by atoms with Gasteiger partial charge in [0.2, 0.25) is 0 Å². The van der Waals surface area contributed by atoms with Gasteiger partial charge in [0, 0.05) is 0 Å². The van der Waals surface area contributed by atoms with E-state index >= 15 is 0 Å². The Morgan fingerprint density at radius 1 is 0.429 bits per heavy atom. The van der Waals surface area contributed by atoms with E-state index in [1.807, 2.05) is 0 Å². The van der Waals surface area contributed by atoms with Crippen LogP contribution in [-0.2, 0) is 195 Å². The number of rotatable bonds is 0. The van der Waals surface area contributed by atoms with Crippen LogP contribution in [-0.4, -0.2) is 54.6 Å². The van der Waals surface area contributed by atoms with Crippen molar-refractivity contribution in [1.29, 1.82) is 0 Å². The molecule has 148 valence electrons. The second-order valence-electron chi connectivity index (χ2n) is 1.50. The molecule has 0 N–H and O–H groups in total. The fourth-order valence-corrected chi connectivity index (χ4v) is 0. The monoisotopic (exact) mass is 1300 g/mol. The topological polar surface area (TPSA) is 379 Å². The molecular weight excluding hydrogens is 1300 g/mol. The summed E-state index contributed by atoms with van der Waals surface area (Å²) in [6.45, 7) is 0. The van der Waals surface area contributed by atoms with E-state index in [0.29, 0.717) is 0 Å². The largest absolute Gasteiger partial charge is 4.00 e. The average molecular weight is 1300 g/mol. The van der Waals surface area contributed by atoms with E-state index in [-0.39, 0.29) is 107 Å². The summed E-state index contributed by atoms with van der Waals surface area (Å²) >= 11 is -25.1. The Hall–Kier alpha value is 6.72. The summed E-state index contributed by atoms with van der Waals surface area (Å²) in [6.07, 6.45) is 0. The zero-order valence-electron chi connectivity index (χ0n) is 12.3. The maximum Gasteiger partial charge on any atom is 4.00 e. The van der Waals surface area contributed by atoms with Crippen molar-refractivity contribution >= 4 is 54.6 Å². The van der Waals surface area contributed by atoms with Crippen LogP contribution in [0.3, 0.4) is 0 Å². The van der Waals surface area contributed by atoms with Crippen LogP contribution < -0.4 is 41.2 Å². The number of hydrogen-bond acceptors (Lipinski definition) is 18. The van der Waals surface area contributed by atoms with E-state index in [1.54, 1.807) is 0 Å². The molecule has 4 radical (unpaired) electrons. The van der Waals surface area contributed by atoms with Crippen LogP contribution in [0.2, 0.25) is 0 Å². The summed E-state index contributed by atoms with van der Waals surface area (Å²) in [5, 5.41) is 0. The van der Waals surface area contributed by atoms with Gasteiger partial charge in [0.15, 0.2) is 0 Å². The van der Waals surface area contributed by atoms with Gasteiger partial charge >= 0.3 is 290 Å². The fraction of sp³-hybridized carbons (Fsp3) is 0. The third-order valence-corrected chi connectivity index (χ3v) is 0. The Labute approximate surface area is 283 Å². The number of hydrogen-bond donors (Lipinski definition) is 0. The van der Waals surface area contributed by atoms with Crippen molar-refractivity contribution in [2.75, 3.05) is 0 Å². The standard InChI is InChI=1S/18O.2Pb.3Ti.5Zr/q;;;;;;12*-1;2*+2;;;;;;;2*+4. The first kappa shape index (κ1) is 64.6. The minimum Gasteiger partial charge on any atom is 2.00 e. The zero-order chi connectivity index (χ0) is 21.5. The summed E-state index contributed by atoms with van der Waals surface area (Å²) in [4.78, 5) is 0. The van der Waals surface area contributed by atoms with Gasteiger partial charge in [0.25, 0.3) is 0 Å². The average Bonchev–Trinajstić information content (AvgIpc) is 2.08. The SMILES string of the molecule is [O]=[Ti]([O-])[O-].[O]=[Ti]([O-])[O-].[O]=[Ti]([O-])[O-].[O]=[Zr]([O-])[O-].[O]=[Zr]([O-])[O-].[O]=[Zr]([O-])[O-].[Pb+2].[Pb+2].[Zr+4].[Zr+4]. The molecule has 28 heteroatoms. The molecule has 0 atom stereocenters. The molecule has 0 unspecified atom stereocenters. The van der Waals surface area contributed by atoms with Crippen molar-refractivity contribution in [3.05, 3.63) is 0 Å². The van der Waals surface area contributed by atoms with Crippen LogP contribution in [0.4, 0.5) is 0 Å². The molecule has 0 saturated carbocycles. The molecule has 0 aliphatic heterocycles. The molecule has 0 aliphatic carbocycles. The van der Waals surface area contributed by atoms with Crippen molar-refractivity contribution in [2.24, 2.45) is 0 Å². The predicted molar refractivity (Wildman–Crippen MR) is 15.6 cm³/mol. The Balaban J connectivity index is -0.0000000169. The molecule has 0 aromatic rings. The van der Waals surface area contributed by atoms with Crippen LogP contribution >= 0.6 is 0 Å². The third-order valence-electron chi connectivity index (χ3n) is 0. The third kappa shape index (κ3) is 729. The Morgan fingerprint density at radius 3 is 0.429 bits per heavy atom. The maximum absolute atomic E-state index is 8.61. The molecule has 0 bridgehead atoms. The van der Waals surface area contributed by atoms with E-state index in [2.05, 4.69) is 0 Å². The van der Waals surface area contributed by atoms with Crippen molar-refractivity contribution in [3.63, 3.8) is 0 Å². The molecule has 0 spiro atoms. The second kappa shape index (κ2) is 59.1. The maximum atomic E-state index is 8.61. The Morgan fingerprint density at radius 2 is 0.429 bits per heavy atom. The fourth-order valence-electron chi connectivity index (χ4n) is 0. The van der Waals surface area contributed by atoms with Gasteiger partial charge in [-0.2, -0.15) is 0 Å². The van der Waals surface area contributed by atoms with E-state index in [1.165, 1.54) is 0 Å². The van der Waals surface area contributed by atoms with Crippen molar-refractivity contribution in [1.82, 2.24) is 0 Å². The molecule has 28 heavy (non-hydrogen) atoms. The summed E-state index contributed by atoms with van der Waals surface area (Å²) in [6, 6.07) is 0. The smallest absolute Gasteiger partial charge is 2.00 e. The quantitative estimate of drug-likeness (QED) is 0.203. The van der Waals surface area contributed by atoms with Crippen molar-refractivity contribution < 1.29 is 236 Å². The van der Waals surface area contributed by atoms with Gasteiger partial charge in [0.05, 0.1) is 0 Å². The summed E-state index contributed by atoms with van der Waals surface area (Å²) in [5.74, 6) is 0.